The highest BCUT2D eigenvalue weighted by molar-refractivity contribution is 5.83. The molecule has 0 bridgehead atoms. The predicted molar refractivity (Wildman–Crippen MR) is 83.0 cm³/mol. The fraction of sp³-hybridized carbons (Fsp3) is 0.765. The topological polar surface area (TPSA) is 60.9 Å². The first kappa shape index (κ1) is 14.8. The summed E-state index contributed by atoms with van der Waals surface area (Å²) in [6.07, 6.45) is 13.0. The van der Waals surface area contributed by atoms with Crippen LogP contribution in [0.4, 0.5) is 0 Å². The summed E-state index contributed by atoms with van der Waals surface area (Å²) >= 11 is 0. The van der Waals surface area contributed by atoms with Gasteiger partial charge in [0.25, 0.3) is 0 Å². The van der Waals surface area contributed by atoms with Crippen LogP contribution in [-0.4, -0.2) is 21.6 Å². The molecule has 3 rings (SSSR count). The molecule has 116 valence electrons. The van der Waals surface area contributed by atoms with Gasteiger partial charge in [0.1, 0.15) is 5.78 Å². The van der Waals surface area contributed by atoms with Gasteiger partial charge in [-0.1, -0.05) is 32.1 Å². The number of rotatable bonds is 4. The summed E-state index contributed by atoms with van der Waals surface area (Å²) in [6.45, 7) is 0. The molecule has 0 amide bonds. The lowest BCUT2D eigenvalue weighted by Gasteiger charge is -2.19. The summed E-state index contributed by atoms with van der Waals surface area (Å²) in [7, 11) is 0. The van der Waals surface area contributed by atoms with Crippen LogP contribution >= 0.6 is 0 Å². The van der Waals surface area contributed by atoms with E-state index >= 15 is 0 Å². The highest BCUT2D eigenvalue weighted by atomic mass is 16.1. The van der Waals surface area contributed by atoms with Crippen LogP contribution in [-0.2, 0) is 11.2 Å². The van der Waals surface area contributed by atoms with Crippen molar-refractivity contribution in [1.82, 2.24) is 9.78 Å². The zero-order chi connectivity index (χ0) is 14.7. The fourth-order valence-corrected chi connectivity index (χ4v) is 3.89. The molecule has 21 heavy (non-hydrogen) atoms. The van der Waals surface area contributed by atoms with Crippen molar-refractivity contribution in [1.29, 1.82) is 0 Å². The van der Waals surface area contributed by atoms with E-state index in [1.807, 2.05) is 12.3 Å². The van der Waals surface area contributed by atoms with Gasteiger partial charge in [-0.2, -0.15) is 5.10 Å². The Hall–Kier alpha value is -1.16. The van der Waals surface area contributed by atoms with Gasteiger partial charge in [-0.3, -0.25) is 9.48 Å². The van der Waals surface area contributed by atoms with Gasteiger partial charge >= 0.3 is 0 Å². The minimum atomic E-state index is 0.0455. The van der Waals surface area contributed by atoms with Crippen molar-refractivity contribution >= 4 is 5.78 Å². The van der Waals surface area contributed by atoms with Crippen LogP contribution < -0.4 is 5.73 Å². The second-order valence-corrected chi connectivity index (χ2v) is 6.78. The van der Waals surface area contributed by atoms with Gasteiger partial charge < -0.3 is 5.73 Å². The zero-order valence-corrected chi connectivity index (χ0v) is 12.8. The lowest BCUT2D eigenvalue weighted by Crippen LogP contribution is -2.35. The molecule has 2 fully saturated rings. The first-order chi connectivity index (χ1) is 10.2. The van der Waals surface area contributed by atoms with Gasteiger partial charge in [0, 0.05) is 18.2 Å². The first-order valence-electron chi connectivity index (χ1n) is 8.56. The molecule has 0 aromatic carbocycles. The van der Waals surface area contributed by atoms with E-state index in [1.54, 1.807) is 0 Å². The molecular weight excluding hydrogens is 262 g/mol. The average molecular weight is 289 g/mol. The minimum Gasteiger partial charge on any atom is -0.327 e. The van der Waals surface area contributed by atoms with Crippen molar-refractivity contribution in [2.24, 2.45) is 11.7 Å². The minimum absolute atomic E-state index is 0.0455. The molecule has 2 aliphatic carbocycles. The number of carbonyl (C=O) groups is 1. The van der Waals surface area contributed by atoms with E-state index in [2.05, 4.69) is 9.78 Å². The first-order valence-corrected chi connectivity index (χ1v) is 8.56. The Balaban J connectivity index is 1.61. The summed E-state index contributed by atoms with van der Waals surface area (Å²) in [4.78, 5) is 12.5. The van der Waals surface area contributed by atoms with Crippen molar-refractivity contribution in [2.75, 3.05) is 0 Å². The molecule has 1 heterocycles. The second-order valence-electron chi connectivity index (χ2n) is 6.78. The Morgan fingerprint density at radius 1 is 1.14 bits per heavy atom. The number of nitrogens with zero attached hydrogens (tertiary/aromatic N) is 2. The van der Waals surface area contributed by atoms with Crippen LogP contribution in [0.15, 0.2) is 12.3 Å². The van der Waals surface area contributed by atoms with Gasteiger partial charge in [-0.05, 0) is 31.7 Å². The predicted octanol–water partition coefficient (Wildman–Crippen LogP) is 3.02. The molecule has 2 unspecified atom stereocenters. The Morgan fingerprint density at radius 3 is 2.67 bits per heavy atom. The number of aromatic nitrogens is 2. The molecule has 4 heteroatoms. The van der Waals surface area contributed by atoms with Crippen molar-refractivity contribution in [3.8, 4) is 0 Å². The van der Waals surface area contributed by atoms with Crippen molar-refractivity contribution in [3.05, 3.63) is 18.0 Å². The summed E-state index contributed by atoms with van der Waals surface area (Å²) in [5.41, 5.74) is 7.11. The highest BCUT2D eigenvalue weighted by Crippen LogP contribution is 2.29. The number of nitrogens with two attached hydrogens (primary N) is 1. The number of hydrogen-bond donors (Lipinski definition) is 1. The molecule has 4 nitrogen and oxygen atoms in total. The van der Waals surface area contributed by atoms with Crippen LogP contribution in [0.25, 0.3) is 0 Å². The largest absolute Gasteiger partial charge is 0.327 e. The van der Waals surface area contributed by atoms with E-state index in [0.29, 0.717) is 18.2 Å². The monoisotopic (exact) mass is 289 g/mol. The maximum absolute atomic E-state index is 12.5. The number of ketones is 1. The Morgan fingerprint density at radius 2 is 1.86 bits per heavy atom. The molecule has 2 saturated carbocycles. The maximum atomic E-state index is 12.5. The number of hydrogen-bond acceptors (Lipinski definition) is 3. The van der Waals surface area contributed by atoms with Gasteiger partial charge in [-0.25, -0.2) is 0 Å². The van der Waals surface area contributed by atoms with Gasteiger partial charge in [0.05, 0.1) is 18.2 Å². The molecule has 2 N–H and O–H groups in total. The molecule has 1 aromatic rings. The quantitative estimate of drug-likeness (QED) is 0.867. The van der Waals surface area contributed by atoms with E-state index < -0.39 is 0 Å². The molecule has 0 aliphatic heterocycles. The van der Waals surface area contributed by atoms with Gasteiger partial charge in [0.2, 0.25) is 0 Å². The SMILES string of the molecule is NC1CCCCCC1C(=O)Cc1ccn(C2CCCC2)n1. The highest BCUT2D eigenvalue weighted by Gasteiger charge is 2.27. The zero-order valence-electron chi connectivity index (χ0n) is 12.8. The molecule has 0 spiro atoms. The number of Topliss-reactive ketones (excluding diaryl/α,β-unsaturated/α-hetero) is 1. The van der Waals surface area contributed by atoms with Crippen LogP contribution in [0, 0.1) is 5.92 Å². The third kappa shape index (κ3) is 3.54. The molecular formula is C17H27N3O. The third-order valence-corrected chi connectivity index (χ3v) is 5.20. The average Bonchev–Trinajstić information content (AvgIpc) is 3.09. The number of carbonyl (C=O) groups excluding carboxylic acids is 1. The molecule has 0 saturated heterocycles. The van der Waals surface area contributed by atoms with Crippen molar-refractivity contribution < 1.29 is 4.79 Å². The van der Waals surface area contributed by atoms with E-state index in [0.717, 1.165) is 25.0 Å². The molecule has 2 atom stereocenters. The van der Waals surface area contributed by atoms with E-state index in [1.165, 1.54) is 38.5 Å². The van der Waals surface area contributed by atoms with Crippen LogP contribution in [0.3, 0.4) is 0 Å². The van der Waals surface area contributed by atoms with Crippen LogP contribution in [0.5, 0.6) is 0 Å². The summed E-state index contributed by atoms with van der Waals surface area (Å²) in [5.74, 6) is 0.338. The summed E-state index contributed by atoms with van der Waals surface area (Å²) < 4.78 is 2.07. The summed E-state index contributed by atoms with van der Waals surface area (Å²) in [6, 6.07) is 2.62. The fourth-order valence-electron chi connectivity index (χ4n) is 3.89. The smallest absolute Gasteiger partial charge is 0.143 e. The Labute approximate surface area is 127 Å². The lowest BCUT2D eigenvalue weighted by atomic mass is 9.89. The lowest BCUT2D eigenvalue weighted by molar-refractivity contribution is -0.123. The second kappa shape index (κ2) is 6.73. The third-order valence-electron chi connectivity index (χ3n) is 5.20. The van der Waals surface area contributed by atoms with Crippen molar-refractivity contribution in [2.45, 2.75) is 76.3 Å². The normalized spacial score (nSPS) is 27.7. The molecule has 1 aromatic heterocycles. The maximum Gasteiger partial charge on any atom is 0.143 e. The van der Waals surface area contributed by atoms with Crippen molar-refractivity contribution in [3.63, 3.8) is 0 Å². The van der Waals surface area contributed by atoms with E-state index in [9.17, 15) is 4.79 Å². The van der Waals surface area contributed by atoms with E-state index in [-0.39, 0.29) is 12.0 Å². The van der Waals surface area contributed by atoms with Crippen LogP contribution in [0.1, 0.15) is 69.5 Å². The standard InChI is InChI=1S/C17H27N3O/c18-16-9-3-1-2-8-15(16)17(21)12-13-10-11-20(19-13)14-6-4-5-7-14/h10-11,14-16H,1-9,12,18H2. The van der Waals surface area contributed by atoms with E-state index in [4.69, 9.17) is 5.73 Å². The Kier molecular flexibility index (Phi) is 4.73. The molecule has 0 radical (unpaired) electrons. The Bertz CT molecular complexity index is 476. The summed E-state index contributed by atoms with van der Waals surface area (Å²) in [5, 5.41) is 4.63. The van der Waals surface area contributed by atoms with Gasteiger partial charge in [0.15, 0.2) is 0 Å². The van der Waals surface area contributed by atoms with Crippen LogP contribution in [0.2, 0.25) is 0 Å². The molecule has 2 aliphatic rings. The van der Waals surface area contributed by atoms with Gasteiger partial charge in [-0.15, -0.1) is 0 Å².